The summed E-state index contributed by atoms with van der Waals surface area (Å²) in [5, 5.41) is 4.13. The van der Waals surface area contributed by atoms with Crippen LogP contribution in [0.5, 0.6) is 0 Å². The van der Waals surface area contributed by atoms with Gasteiger partial charge in [-0.25, -0.2) is 4.98 Å². The lowest BCUT2D eigenvalue weighted by atomic mass is 10.00. The monoisotopic (exact) mass is 288 g/mol. The van der Waals surface area contributed by atoms with Gasteiger partial charge in [0.05, 0.1) is 11.1 Å². The van der Waals surface area contributed by atoms with E-state index >= 15 is 0 Å². The molecule has 1 fully saturated rings. The van der Waals surface area contributed by atoms with Crippen molar-refractivity contribution < 1.29 is 4.79 Å². The average molecular weight is 289 g/mol. The topological polar surface area (TPSA) is 42.0 Å². The van der Waals surface area contributed by atoms with Crippen LogP contribution < -0.4 is 5.32 Å². The number of hydrogen-bond acceptors (Lipinski definition) is 2. The van der Waals surface area contributed by atoms with E-state index in [2.05, 4.69) is 10.3 Å². The van der Waals surface area contributed by atoms with Crippen LogP contribution in [-0.4, -0.2) is 22.3 Å². The van der Waals surface area contributed by atoms with Crippen molar-refractivity contribution in [3.63, 3.8) is 0 Å². The molecule has 1 heterocycles. The first-order chi connectivity index (χ1) is 9.72. The molecule has 0 spiro atoms. The Bertz CT molecular complexity index is 635. The van der Waals surface area contributed by atoms with Gasteiger partial charge < -0.3 is 5.32 Å². The van der Waals surface area contributed by atoms with Gasteiger partial charge in [0.15, 0.2) is 0 Å². The molecule has 3 rings (SSSR count). The molecule has 0 radical (unpaired) electrons. The smallest absolute Gasteiger partial charge is 0.270 e. The van der Waals surface area contributed by atoms with Crippen LogP contribution in [0, 0.1) is 0 Å². The molecule has 20 heavy (non-hydrogen) atoms. The number of nitrogens with zero attached hydrogens (tertiary/aromatic N) is 1. The Morgan fingerprint density at radius 1 is 1.20 bits per heavy atom. The molecule has 0 unspecified atom stereocenters. The van der Waals surface area contributed by atoms with Gasteiger partial charge in [0.1, 0.15) is 5.69 Å². The Hall–Kier alpha value is -1.61. The number of pyridine rings is 1. The van der Waals surface area contributed by atoms with E-state index in [1.807, 2.05) is 30.3 Å². The van der Waals surface area contributed by atoms with Crippen molar-refractivity contribution in [2.45, 2.75) is 31.2 Å². The van der Waals surface area contributed by atoms with Crippen molar-refractivity contribution in [3.05, 3.63) is 42.1 Å². The van der Waals surface area contributed by atoms with E-state index in [9.17, 15) is 4.79 Å². The molecule has 0 saturated heterocycles. The minimum Gasteiger partial charge on any atom is -0.344 e. The van der Waals surface area contributed by atoms with Crippen molar-refractivity contribution in [1.82, 2.24) is 10.3 Å². The van der Waals surface area contributed by atoms with E-state index in [1.54, 1.807) is 6.07 Å². The maximum atomic E-state index is 12.4. The Labute approximate surface area is 123 Å². The molecule has 1 aliphatic rings. The fourth-order valence-corrected chi connectivity index (χ4v) is 3.18. The molecule has 1 N–H and O–H groups in total. The summed E-state index contributed by atoms with van der Waals surface area (Å²) in [7, 11) is 0. The zero-order valence-electron chi connectivity index (χ0n) is 11.2. The number of fused-ring (bicyclic) bond motifs is 1. The molecule has 2 aromatic rings. The zero-order chi connectivity index (χ0) is 14.0. The second-order valence-corrected chi connectivity index (χ2v) is 5.73. The predicted molar refractivity (Wildman–Crippen MR) is 81.1 cm³/mol. The lowest BCUT2D eigenvalue weighted by molar-refractivity contribution is 0.0904. The summed E-state index contributed by atoms with van der Waals surface area (Å²) in [5.74, 6) is 0.338. The SMILES string of the molecule is O=C(NC1(CCl)CCCC1)c1ccc2ccccc2n1. The van der Waals surface area contributed by atoms with Gasteiger partial charge in [-0.15, -0.1) is 11.6 Å². The molecular formula is C16H17ClN2O. The fraction of sp³-hybridized carbons (Fsp3) is 0.375. The normalized spacial score (nSPS) is 17.2. The van der Waals surface area contributed by atoms with Crippen LogP contribution in [0.4, 0.5) is 0 Å². The molecule has 1 saturated carbocycles. The highest BCUT2D eigenvalue weighted by molar-refractivity contribution is 6.19. The molecule has 1 aromatic carbocycles. The molecule has 3 nitrogen and oxygen atoms in total. The number of para-hydroxylation sites is 1. The molecule has 4 heteroatoms. The summed E-state index contributed by atoms with van der Waals surface area (Å²) in [5.41, 5.74) is 1.05. The third-order valence-electron chi connectivity index (χ3n) is 4.03. The first-order valence-electron chi connectivity index (χ1n) is 6.97. The minimum absolute atomic E-state index is 0.127. The number of rotatable bonds is 3. The van der Waals surface area contributed by atoms with Gasteiger partial charge in [-0.2, -0.15) is 0 Å². The average Bonchev–Trinajstić information content (AvgIpc) is 2.96. The summed E-state index contributed by atoms with van der Waals surface area (Å²) in [6.07, 6.45) is 4.15. The van der Waals surface area contributed by atoms with E-state index in [1.165, 1.54) is 0 Å². The van der Waals surface area contributed by atoms with E-state index in [0.29, 0.717) is 11.6 Å². The predicted octanol–water partition coefficient (Wildman–Crippen LogP) is 3.52. The Balaban J connectivity index is 1.85. The molecular weight excluding hydrogens is 272 g/mol. The molecule has 0 atom stereocenters. The summed E-state index contributed by atoms with van der Waals surface area (Å²) in [6, 6.07) is 11.5. The third-order valence-corrected chi connectivity index (χ3v) is 4.54. The summed E-state index contributed by atoms with van der Waals surface area (Å²) < 4.78 is 0. The number of amides is 1. The second-order valence-electron chi connectivity index (χ2n) is 5.46. The van der Waals surface area contributed by atoms with Gasteiger partial charge in [-0.05, 0) is 25.0 Å². The number of carbonyl (C=O) groups excluding carboxylic acids is 1. The lowest BCUT2D eigenvalue weighted by Crippen LogP contribution is -2.48. The standard InChI is InChI=1S/C16H17ClN2O/c17-11-16(9-3-4-10-16)19-15(20)14-8-7-12-5-1-2-6-13(12)18-14/h1-2,5-8H,3-4,9-11H2,(H,19,20). The van der Waals surface area contributed by atoms with E-state index in [0.717, 1.165) is 36.6 Å². The molecule has 1 aromatic heterocycles. The fourth-order valence-electron chi connectivity index (χ4n) is 2.84. The van der Waals surface area contributed by atoms with Crippen molar-refractivity contribution in [2.24, 2.45) is 0 Å². The Kier molecular flexibility index (Phi) is 3.62. The highest BCUT2D eigenvalue weighted by atomic mass is 35.5. The number of aromatic nitrogens is 1. The van der Waals surface area contributed by atoms with Crippen molar-refractivity contribution in [3.8, 4) is 0 Å². The quantitative estimate of drug-likeness (QED) is 0.878. The van der Waals surface area contributed by atoms with Crippen molar-refractivity contribution >= 4 is 28.4 Å². The molecule has 0 aliphatic heterocycles. The van der Waals surface area contributed by atoms with E-state index in [4.69, 9.17) is 11.6 Å². The maximum absolute atomic E-state index is 12.4. The summed E-state index contributed by atoms with van der Waals surface area (Å²) in [6.45, 7) is 0. The summed E-state index contributed by atoms with van der Waals surface area (Å²) >= 11 is 6.06. The first kappa shape index (κ1) is 13.4. The zero-order valence-corrected chi connectivity index (χ0v) is 12.0. The highest BCUT2D eigenvalue weighted by Gasteiger charge is 2.34. The minimum atomic E-state index is -0.244. The van der Waals surface area contributed by atoms with Crippen LogP contribution in [-0.2, 0) is 0 Å². The van der Waals surface area contributed by atoms with Crippen LogP contribution in [0.15, 0.2) is 36.4 Å². The van der Waals surface area contributed by atoms with Crippen LogP contribution in [0.1, 0.15) is 36.2 Å². The van der Waals surface area contributed by atoms with Gasteiger partial charge in [0.25, 0.3) is 5.91 Å². The van der Waals surface area contributed by atoms with Gasteiger partial charge in [0, 0.05) is 11.3 Å². The van der Waals surface area contributed by atoms with Gasteiger partial charge in [-0.3, -0.25) is 4.79 Å². The largest absolute Gasteiger partial charge is 0.344 e. The number of benzene rings is 1. The van der Waals surface area contributed by atoms with Crippen LogP contribution >= 0.6 is 11.6 Å². The number of hydrogen-bond donors (Lipinski definition) is 1. The lowest BCUT2D eigenvalue weighted by Gasteiger charge is -2.27. The van der Waals surface area contributed by atoms with Crippen molar-refractivity contribution in [1.29, 1.82) is 0 Å². The van der Waals surface area contributed by atoms with Crippen LogP contribution in [0.3, 0.4) is 0 Å². The Morgan fingerprint density at radius 2 is 1.95 bits per heavy atom. The summed E-state index contributed by atoms with van der Waals surface area (Å²) in [4.78, 5) is 16.8. The molecule has 104 valence electrons. The van der Waals surface area contributed by atoms with E-state index in [-0.39, 0.29) is 11.4 Å². The molecule has 1 aliphatic carbocycles. The maximum Gasteiger partial charge on any atom is 0.270 e. The number of carbonyl (C=O) groups is 1. The highest BCUT2D eigenvalue weighted by Crippen LogP contribution is 2.31. The van der Waals surface area contributed by atoms with Crippen molar-refractivity contribution in [2.75, 3.05) is 5.88 Å². The second kappa shape index (κ2) is 5.41. The number of halogens is 1. The third kappa shape index (κ3) is 2.50. The first-order valence-corrected chi connectivity index (χ1v) is 7.50. The van der Waals surface area contributed by atoms with Gasteiger partial charge in [-0.1, -0.05) is 37.1 Å². The molecule has 1 amide bonds. The van der Waals surface area contributed by atoms with Crippen LogP contribution in [0.2, 0.25) is 0 Å². The van der Waals surface area contributed by atoms with Gasteiger partial charge in [0.2, 0.25) is 0 Å². The number of nitrogens with one attached hydrogen (secondary N) is 1. The van der Waals surface area contributed by atoms with Gasteiger partial charge >= 0.3 is 0 Å². The van der Waals surface area contributed by atoms with Crippen LogP contribution in [0.25, 0.3) is 10.9 Å². The Morgan fingerprint density at radius 3 is 2.70 bits per heavy atom. The number of alkyl halides is 1. The molecule has 0 bridgehead atoms. The van der Waals surface area contributed by atoms with E-state index < -0.39 is 0 Å².